The van der Waals surface area contributed by atoms with E-state index in [0.717, 1.165) is 47.6 Å². The molecule has 0 saturated carbocycles. The Morgan fingerprint density at radius 2 is 1.80 bits per heavy atom. The molecule has 4 heteroatoms. The van der Waals surface area contributed by atoms with E-state index in [0.29, 0.717) is 0 Å². The van der Waals surface area contributed by atoms with Gasteiger partial charge in [0.05, 0.1) is 13.2 Å². The summed E-state index contributed by atoms with van der Waals surface area (Å²) < 4.78 is 11.1. The van der Waals surface area contributed by atoms with Gasteiger partial charge in [-0.1, -0.05) is 30.3 Å². The first kappa shape index (κ1) is 17.3. The SMILES string of the molecule is COc1ccc(C2CCCN2C(=O)COc2c(C)cccc2C)cc1. The summed E-state index contributed by atoms with van der Waals surface area (Å²) in [5.41, 5.74) is 3.26. The third kappa shape index (κ3) is 3.78. The van der Waals surface area contributed by atoms with Crippen molar-refractivity contribution in [3.63, 3.8) is 0 Å². The van der Waals surface area contributed by atoms with Crippen LogP contribution in [0.5, 0.6) is 11.5 Å². The highest BCUT2D eigenvalue weighted by Crippen LogP contribution is 2.33. The second-order valence-electron chi connectivity index (χ2n) is 6.53. The van der Waals surface area contributed by atoms with Crippen LogP contribution in [0.25, 0.3) is 0 Å². The molecule has 1 fully saturated rings. The Morgan fingerprint density at radius 1 is 1.12 bits per heavy atom. The number of nitrogens with zero attached hydrogens (tertiary/aromatic N) is 1. The number of para-hydroxylation sites is 1. The lowest BCUT2D eigenvalue weighted by atomic mass is 10.0. The molecule has 132 valence electrons. The van der Waals surface area contributed by atoms with Crippen molar-refractivity contribution in [2.24, 2.45) is 0 Å². The van der Waals surface area contributed by atoms with Crippen molar-refractivity contribution in [2.75, 3.05) is 20.3 Å². The molecule has 4 nitrogen and oxygen atoms in total. The lowest BCUT2D eigenvalue weighted by Gasteiger charge is -2.25. The van der Waals surface area contributed by atoms with Crippen molar-refractivity contribution in [3.05, 3.63) is 59.2 Å². The first-order valence-electron chi connectivity index (χ1n) is 8.72. The van der Waals surface area contributed by atoms with Gasteiger partial charge in [-0.3, -0.25) is 4.79 Å². The van der Waals surface area contributed by atoms with Gasteiger partial charge >= 0.3 is 0 Å². The monoisotopic (exact) mass is 339 g/mol. The van der Waals surface area contributed by atoms with Gasteiger partial charge < -0.3 is 14.4 Å². The Kier molecular flexibility index (Phi) is 5.27. The fraction of sp³-hybridized carbons (Fsp3) is 0.381. The third-order valence-electron chi connectivity index (χ3n) is 4.82. The smallest absolute Gasteiger partial charge is 0.261 e. The molecule has 0 aromatic heterocycles. The van der Waals surface area contributed by atoms with Gasteiger partial charge in [-0.15, -0.1) is 0 Å². The number of benzene rings is 2. The van der Waals surface area contributed by atoms with Gasteiger partial charge in [0.25, 0.3) is 5.91 Å². The summed E-state index contributed by atoms with van der Waals surface area (Å²) in [5, 5.41) is 0. The summed E-state index contributed by atoms with van der Waals surface area (Å²) in [5.74, 6) is 1.69. The highest BCUT2D eigenvalue weighted by atomic mass is 16.5. The number of amides is 1. The molecule has 1 unspecified atom stereocenters. The Morgan fingerprint density at radius 3 is 2.44 bits per heavy atom. The van der Waals surface area contributed by atoms with Crippen molar-refractivity contribution in [2.45, 2.75) is 32.7 Å². The second kappa shape index (κ2) is 7.60. The van der Waals surface area contributed by atoms with E-state index in [1.807, 2.05) is 61.2 Å². The minimum absolute atomic E-state index is 0.0426. The van der Waals surface area contributed by atoms with Crippen LogP contribution in [-0.2, 0) is 4.79 Å². The lowest BCUT2D eigenvalue weighted by molar-refractivity contribution is -0.134. The van der Waals surface area contributed by atoms with Crippen molar-refractivity contribution < 1.29 is 14.3 Å². The summed E-state index contributed by atoms with van der Waals surface area (Å²) in [6.07, 6.45) is 2.01. The maximum absolute atomic E-state index is 12.7. The quantitative estimate of drug-likeness (QED) is 0.825. The number of ether oxygens (including phenoxy) is 2. The molecular weight excluding hydrogens is 314 g/mol. The van der Waals surface area contributed by atoms with Crippen LogP contribution in [0.4, 0.5) is 0 Å². The van der Waals surface area contributed by atoms with Crippen LogP contribution in [0.15, 0.2) is 42.5 Å². The van der Waals surface area contributed by atoms with E-state index in [1.165, 1.54) is 0 Å². The lowest BCUT2D eigenvalue weighted by Crippen LogP contribution is -2.34. The molecule has 0 spiro atoms. The molecule has 1 amide bonds. The van der Waals surface area contributed by atoms with Gasteiger partial charge in [0.1, 0.15) is 11.5 Å². The Balaban J connectivity index is 1.68. The van der Waals surface area contributed by atoms with E-state index in [1.54, 1.807) is 7.11 Å². The molecule has 25 heavy (non-hydrogen) atoms. The van der Waals surface area contributed by atoms with E-state index >= 15 is 0 Å². The molecular formula is C21H25NO3. The second-order valence-corrected chi connectivity index (χ2v) is 6.53. The largest absolute Gasteiger partial charge is 0.497 e. The highest BCUT2D eigenvalue weighted by Gasteiger charge is 2.30. The topological polar surface area (TPSA) is 38.8 Å². The van der Waals surface area contributed by atoms with Crippen LogP contribution in [-0.4, -0.2) is 31.1 Å². The Labute approximate surface area is 149 Å². The van der Waals surface area contributed by atoms with Crippen LogP contribution in [0.1, 0.15) is 35.6 Å². The van der Waals surface area contributed by atoms with Gasteiger partial charge in [-0.05, 0) is 55.5 Å². The zero-order valence-electron chi connectivity index (χ0n) is 15.1. The van der Waals surface area contributed by atoms with Crippen molar-refractivity contribution in [3.8, 4) is 11.5 Å². The number of methoxy groups -OCH3 is 1. The van der Waals surface area contributed by atoms with Crippen LogP contribution < -0.4 is 9.47 Å². The van der Waals surface area contributed by atoms with Crippen LogP contribution in [0, 0.1) is 13.8 Å². The summed E-state index contributed by atoms with van der Waals surface area (Å²) in [6, 6.07) is 14.1. The summed E-state index contributed by atoms with van der Waals surface area (Å²) in [4.78, 5) is 14.7. The van der Waals surface area contributed by atoms with Gasteiger partial charge in [0.15, 0.2) is 6.61 Å². The van der Waals surface area contributed by atoms with E-state index in [9.17, 15) is 4.79 Å². The fourth-order valence-corrected chi connectivity index (χ4v) is 3.48. The number of hydrogen-bond donors (Lipinski definition) is 0. The predicted octanol–water partition coefficient (Wildman–Crippen LogP) is 4.05. The first-order chi connectivity index (χ1) is 12.1. The van der Waals surface area contributed by atoms with Gasteiger partial charge in [-0.2, -0.15) is 0 Å². The molecule has 0 N–H and O–H groups in total. The highest BCUT2D eigenvalue weighted by molar-refractivity contribution is 5.78. The average Bonchev–Trinajstić information content (AvgIpc) is 3.11. The van der Waals surface area contributed by atoms with E-state index in [4.69, 9.17) is 9.47 Å². The third-order valence-corrected chi connectivity index (χ3v) is 4.82. The standard InChI is InChI=1S/C21H25NO3/c1-15-6-4-7-16(2)21(15)25-14-20(23)22-13-5-8-19(22)17-9-11-18(24-3)12-10-17/h4,6-7,9-12,19H,5,8,13-14H2,1-3H3. The Bertz CT molecular complexity index is 719. The van der Waals surface area contributed by atoms with E-state index in [-0.39, 0.29) is 18.6 Å². The minimum Gasteiger partial charge on any atom is -0.497 e. The zero-order valence-corrected chi connectivity index (χ0v) is 15.1. The number of carbonyl (C=O) groups excluding carboxylic acids is 1. The predicted molar refractivity (Wildman–Crippen MR) is 98.1 cm³/mol. The van der Waals surface area contributed by atoms with Crippen molar-refractivity contribution >= 4 is 5.91 Å². The molecule has 1 aliphatic heterocycles. The number of rotatable bonds is 5. The molecule has 1 aliphatic rings. The average molecular weight is 339 g/mol. The number of hydrogen-bond acceptors (Lipinski definition) is 3. The molecule has 0 aliphatic carbocycles. The summed E-state index contributed by atoms with van der Waals surface area (Å²) >= 11 is 0. The molecule has 0 radical (unpaired) electrons. The van der Waals surface area contributed by atoms with Gasteiger partial charge in [-0.25, -0.2) is 0 Å². The maximum Gasteiger partial charge on any atom is 0.261 e. The normalized spacial score (nSPS) is 16.8. The molecule has 1 heterocycles. The number of likely N-dealkylation sites (tertiary alicyclic amines) is 1. The molecule has 0 bridgehead atoms. The first-order valence-corrected chi connectivity index (χ1v) is 8.72. The van der Waals surface area contributed by atoms with Crippen LogP contribution >= 0.6 is 0 Å². The van der Waals surface area contributed by atoms with Gasteiger partial charge in [0, 0.05) is 6.54 Å². The van der Waals surface area contributed by atoms with Crippen LogP contribution in [0.2, 0.25) is 0 Å². The zero-order chi connectivity index (χ0) is 17.8. The molecule has 2 aromatic carbocycles. The van der Waals surface area contributed by atoms with Crippen LogP contribution in [0.3, 0.4) is 0 Å². The molecule has 1 atom stereocenters. The summed E-state index contributed by atoms with van der Waals surface area (Å²) in [6.45, 7) is 4.87. The fourth-order valence-electron chi connectivity index (χ4n) is 3.48. The Hall–Kier alpha value is -2.49. The van der Waals surface area contributed by atoms with Gasteiger partial charge in [0.2, 0.25) is 0 Å². The van der Waals surface area contributed by atoms with Crippen molar-refractivity contribution in [1.29, 1.82) is 0 Å². The number of carbonyl (C=O) groups is 1. The number of aryl methyl sites for hydroxylation is 2. The summed E-state index contributed by atoms with van der Waals surface area (Å²) in [7, 11) is 1.66. The molecule has 2 aromatic rings. The maximum atomic E-state index is 12.7. The molecule has 3 rings (SSSR count). The van der Waals surface area contributed by atoms with E-state index < -0.39 is 0 Å². The van der Waals surface area contributed by atoms with E-state index in [2.05, 4.69) is 0 Å². The minimum atomic E-state index is 0.0426. The molecule has 1 saturated heterocycles. The van der Waals surface area contributed by atoms with Crippen molar-refractivity contribution in [1.82, 2.24) is 4.90 Å².